The van der Waals surface area contributed by atoms with Crippen LogP contribution in [0.3, 0.4) is 0 Å². The molecule has 2 rings (SSSR count). The van der Waals surface area contributed by atoms with E-state index in [4.69, 9.17) is 28.6 Å². The topological polar surface area (TPSA) is 0 Å². The van der Waals surface area contributed by atoms with Crippen molar-refractivity contribution < 1.29 is 0 Å². The van der Waals surface area contributed by atoms with Gasteiger partial charge in [0.15, 0.2) is 0 Å². The number of aryl methyl sites for hydroxylation is 2. The minimum absolute atomic E-state index is 0.720. The van der Waals surface area contributed by atoms with Gasteiger partial charge in [-0.2, -0.15) is 0 Å². The van der Waals surface area contributed by atoms with E-state index in [0.717, 1.165) is 22.7 Å². The van der Waals surface area contributed by atoms with E-state index in [1.54, 1.807) is 0 Å². The second-order valence-electron chi connectivity index (χ2n) is 4.23. The third kappa shape index (κ3) is 2.85. The van der Waals surface area contributed by atoms with Crippen molar-refractivity contribution in [1.82, 2.24) is 0 Å². The molecule has 0 saturated carbocycles. The number of hydrogen-bond donors (Lipinski definition) is 0. The SMILES string of the molecule is Cc1cccc[c]1[Bi]([Cl])([Cl])[c]1ccc(Cl)cc1C. The Morgan fingerprint density at radius 1 is 0.833 bits per heavy atom. The van der Waals surface area contributed by atoms with E-state index in [0.29, 0.717) is 0 Å². The third-order valence-corrected chi connectivity index (χ3v) is 18.1. The van der Waals surface area contributed by atoms with Crippen LogP contribution in [0.25, 0.3) is 0 Å². The predicted octanol–water partition coefficient (Wildman–Crippen LogP) is 3.99. The Hall–Kier alpha value is 0.193. The van der Waals surface area contributed by atoms with E-state index in [1.165, 1.54) is 0 Å². The van der Waals surface area contributed by atoms with Crippen LogP contribution in [0.5, 0.6) is 0 Å². The summed E-state index contributed by atoms with van der Waals surface area (Å²) in [5.74, 6) is 0. The predicted molar refractivity (Wildman–Crippen MR) is 84.1 cm³/mol. The number of halogens is 3. The van der Waals surface area contributed by atoms with E-state index >= 15 is 0 Å². The molecule has 0 bridgehead atoms. The molecule has 0 spiro atoms. The number of hydrogen-bond acceptors (Lipinski definition) is 0. The molecule has 0 nitrogen and oxygen atoms in total. The first-order valence-corrected chi connectivity index (χ1v) is 18.0. The normalized spacial score (nSPS) is 11.6. The van der Waals surface area contributed by atoms with Crippen molar-refractivity contribution >= 4 is 53.0 Å². The summed E-state index contributed by atoms with van der Waals surface area (Å²) < 4.78 is 2.20. The van der Waals surface area contributed by atoms with Crippen LogP contribution in [0.2, 0.25) is 5.02 Å². The van der Waals surface area contributed by atoms with Gasteiger partial charge in [-0.3, -0.25) is 0 Å². The summed E-state index contributed by atoms with van der Waals surface area (Å²) in [5.41, 5.74) is 2.24. The molecule has 18 heavy (non-hydrogen) atoms. The summed E-state index contributed by atoms with van der Waals surface area (Å²) >= 11 is 2.41. The molecule has 0 amide bonds. The molecule has 0 aliphatic heterocycles. The fourth-order valence-corrected chi connectivity index (χ4v) is 15.9. The molecule has 0 unspecified atom stereocenters. The molecular weight excluding hydrogens is 483 g/mol. The second-order valence-corrected chi connectivity index (χ2v) is 22.8. The first kappa shape index (κ1) is 14.6. The van der Waals surface area contributed by atoms with Crippen molar-refractivity contribution in [3.63, 3.8) is 0 Å². The summed E-state index contributed by atoms with van der Waals surface area (Å²) in [6.07, 6.45) is 0. The van der Waals surface area contributed by atoms with Gasteiger partial charge < -0.3 is 0 Å². The van der Waals surface area contributed by atoms with E-state index in [9.17, 15) is 0 Å². The fraction of sp³-hybridized carbons (Fsp3) is 0.143. The molecule has 0 aromatic heterocycles. The molecule has 0 saturated heterocycles. The quantitative estimate of drug-likeness (QED) is 0.552. The van der Waals surface area contributed by atoms with Crippen LogP contribution in [0.1, 0.15) is 11.1 Å². The van der Waals surface area contributed by atoms with Crippen molar-refractivity contribution in [2.45, 2.75) is 13.8 Å². The van der Waals surface area contributed by atoms with E-state index < -0.39 is 17.9 Å². The van der Waals surface area contributed by atoms with Crippen LogP contribution in [-0.4, -0.2) is 17.9 Å². The number of rotatable bonds is 2. The molecule has 0 fully saturated rings. The molecule has 1 radical (unpaired) electrons. The minimum atomic E-state index is -3.58. The van der Waals surface area contributed by atoms with Gasteiger partial charge in [0.2, 0.25) is 0 Å². The van der Waals surface area contributed by atoms with Crippen molar-refractivity contribution in [2.24, 2.45) is 0 Å². The van der Waals surface area contributed by atoms with Gasteiger partial charge in [-0.1, -0.05) is 0 Å². The molecule has 4 heteroatoms. The zero-order valence-electron chi connectivity index (χ0n) is 10.1. The molecule has 0 atom stereocenters. The number of benzene rings is 2. The Kier molecular flexibility index (Phi) is 4.60. The first-order chi connectivity index (χ1) is 8.43. The van der Waals surface area contributed by atoms with Crippen molar-refractivity contribution in [3.05, 3.63) is 58.6 Å². The van der Waals surface area contributed by atoms with Crippen LogP contribution in [-0.2, 0) is 0 Å². The Labute approximate surface area is 124 Å². The second kappa shape index (κ2) is 5.67. The van der Waals surface area contributed by atoms with Gasteiger partial charge in [0.25, 0.3) is 0 Å². The Balaban J connectivity index is 2.58. The van der Waals surface area contributed by atoms with E-state index in [2.05, 4.69) is 13.0 Å². The van der Waals surface area contributed by atoms with Crippen LogP contribution in [0.4, 0.5) is 0 Å². The molecule has 2 aromatic rings. The maximum absolute atomic E-state index is 6.79. The van der Waals surface area contributed by atoms with Gasteiger partial charge in [-0.15, -0.1) is 0 Å². The Morgan fingerprint density at radius 3 is 2.06 bits per heavy atom. The summed E-state index contributed by atoms with van der Waals surface area (Å²) in [4.78, 5) is 0. The summed E-state index contributed by atoms with van der Waals surface area (Å²) in [7, 11) is 13.6. The summed E-state index contributed by atoms with van der Waals surface area (Å²) in [6, 6.07) is 13.9. The monoisotopic (exact) mass is 495 g/mol. The Bertz CT molecular complexity index is 579. The third-order valence-electron chi connectivity index (χ3n) is 2.88. The van der Waals surface area contributed by atoms with Gasteiger partial charge in [-0.25, -0.2) is 0 Å². The van der Waals surface area contributed by atoms with Crippen LogP contribution >= 0.6 is 28.6 Å². The zero-order chi connectivity index (χ0) is 13.3. The fourth-order valence-electron chi connectivity index (χ4n) is 1.94. The summed E-state index contributed by atoms with van der Waals surface area (Å²) in [6.45, 7) is 4.07. The molecule has 0 heterocycles. The van der Waals surface area contributed by atoms with Gasteiger partial charge in [0.1, 0.15) is 0 Å². The Morgan fingerprint density at radius 2 is 1.44 bits per heavy atom. The van der Waals surface area contributed by atoms with Crippen molar-refractivity contribution in [2.75, 3.05) is 0 Å². The molecule has 0 N–H and O–H groups in total. The van der Waals surface area contributed by atoms with Gasteiger partial charge >= 0.3 is 126 Å². The van der Waals surface area contributed by atoms with Crippen molar-refractivity contribution in [3.8, 4) is 0 Å². The van der Waals surface area contributed by atoms with Crippen LogP contribution < -0.4 is 6.54 Å². The average molecular weight is 497 g/mol. The molecule has 95 valence electrons. The van der Waals surface area contributed by atoms with E-state index in [-0.39, 0.29) is 0 Å². The van der Waals surface area contributed by atoms with Gasteiger partial charge in [-0.05, 0) is 0 Å². The maximum atomic E-state index is 6.79. The average Bonchev–Trinajstić information content (AvgIpc) is 2.28. The zero-order valence-corrected chi connectivity index (χ0v) is 15.9. The van der Waals surface area contributed by atoms with Crippen molar-refractivity contribution in [1.29, 1.82) is 0 Å². The van der Waals surface area contributed by atoms with Crippen LogP contribution in [0, 0.1) is 13.8 Å². The molecule has 2 aromatic carbocycles. The van der Waals surface area contributed by atoms with E-state index in [1.807, 2.05) is 43.3 Å². The molecular formula is C14H13BiCl3. The molecule has 0 aliphatic rings. The first-order valence-electron chi connectivity index (χ1n) is 5.54. The molecule has 0 aliphatic carbocycles. The standard InChI is InChI=1S/C7H6Cl.C7H7.Bi.2ClH/c1-6-3-2-4-7(8)5-6;1-7-5-3-2-4-6-7;;;/h2,4-5H,1H3;2-5H,1H3;;2*1H/q;;+2;;/p-2. The summed E-state index contributed by atoms with van der Waals surface area (Å²) in [5, 5.41) is 0.720. The van der Waals surface area contributed by atoms with Crippen LogP contribution in [0.15, 0.2) is 42.5 Å². The van der Waals surface area contributed by atoms with Gasteiger partial charge in [0.05, 0.1) is 0 Å². The van der Waals surface area contributed by atoms with Gasteiger partial charge in [0, 0.05) is 0 Å².